The molecule has 0 aliphatic heterocycles. The molecule has 2 aromatic heterocycles. The normalized spacial score (nSPS) is 11.3. The molecule has 0 spiro atoms. The number of azo groups is 1. The Bertz CT molecular complexity index is 1320. The summed E-state index contributed by atoms with van der Waals surface area (Å²) in [5.41, 5.74) is 2.04. The predicted molar refractivity (Wildman–Crippen MR) is 118 cm³/mol. The molecule has 2 N–H and O–H groups in total. The Morgan fingerprint density at radius 1 is 1.17 bits per heavy atom. The number of carbonyl (C=O) groups is 1. The van der Waals surface area contributed by atoms with Gasteiger partial charge in [0.05, 0.1) is 17.0 Å². The zero-order valence-electron chi connectivity index (χ0n) is 15.5. The molecule has 0 atom stereocenters. The molecule has 30 heavy (non-hydrogen) atoms. The molecule has 0 amide bonds. The van der Waals surface area contributed by atoms with Crippen molar-refractivity contribution in [3.63, 3.8) is 0 Å². The number of carboxylic acids is 1. The summed E-state index contributed by atoms with van der Waals surface area (Å²) in [5, 5.41) is 22.5. The van der Waals surface area contributed by atoms with Gasteiger partial charge in [-0.15, -0.1) is 21.6 Å². The number of nitrogens with zero attached hydrogens (tertiary/aromatic N) is 4. The van der Waals surface area contributed by atoms with E-state index < -0.39 is 11.5 Å². The van der Waals surface area contributed by atoms with Gasteiger partial charge in [0, 0.05) is 15.4 Å². The Morgan fingerprint density at radius 3 is 2.63 bits per heavy atom. The van der Waals surface area contributed by atoms with Crippen LogP contribution in [0.2, 0.25) is 0 Å². The third-order valence-electron chi connectivity index (χ3n) is 4.26. The zero-order valence-corrected chi connectivity index (χ0v) is 17.9. The number of aromatic amines is 1. The summed E-state index contributed by atoms with van der Waals surface area (Å²) in [4.78, 5) is 28.7. The first-order valence-corrected chi connectivity index (χ1v) is 10.4. The molecule has 4 rings (SSSR count). The summed E-state index contributed by atoms with van der Waals surface area (Å²) in [7, 11) is 0. The molecule has 2 aromatic carbocycles. The lowest BCUT2D eigenvalue weighted by atomic mass is 10.2. The summed E-state index contributed by atoms with van der Waals surface area (Å²) < 4.78 is 2.28. The third-order valence-corrected chi connectivity index (χ3v) is 5.61. The monoisotopic (exact) mass is 483 g/mol. The van der Waals surface area contributed by atoms with Crippen LogP contribution in [0, 0.1) is 6.92 Å². The van der Waals surface area contributed by atoms with Gasteiger partial charge in [0.2, 0.25) is 5.13 Å². The van der Waals surface area contributed by atoms with Crippen LogP contribution in [0.1, 0.15) is 16.1 Å². The topological polar surface area (TPSA) is 113 Å². The highest BCUT2D eigenvalue weighted by molar-refractivity contribution is 9.10. The average Bonchev–Trinajstić information content (AvgIpc) is 3.32. The molecule has 10 heteroatoms. The number of thiazole rings is 1. The van der Waals surface area contributed by atoms with Crippen molar-refractivity contribution in [3.8, 4) is 16.4 Å². The highest BCUT2D eigenvalue weighted by Gasteiger charge is 2.16. The van der Waals surface area contributed by atoms with Crippen molar-refractivity contribution in [2.45, 2.75) is 6.92 Å². The maximum atomic E-state index is 12.8. The van der Waals surface area contributed by atoms with Gasteiger partial charge in [-0.1, -0.05) is 40.2 Å². The number of carboxylic acid groups (broad SMARTS) is 1. The molecule has 0 aliphatic rings. The Kier molecular flexibility index (Phi) is 5.42. The number of benzene rings is 2. The highest BCUT2D eigenvalue weighted by atomic mass is 79.9. The second-order valence-corrected chi connectivity index (χ2v) is 8.02. The number of halogens is 1. The molecule has 0 bridgehead atoms. The van der Waals surface area contributed by atoms with Gasteiger partial charge >= 0.3 is 11.5 Å². The van der Waals surface area contributed by atoms with E-state index in [1.807, 2.05) is 29.6 Å². The largest absolute Gasteiger partial charge is 0.478 e. The number of rotatable bonds is 5. The summed E-state index contributed by atoms with van der Waals surface area (Å²) >= 11 is 4.72. The van der Waals surface area contributed by atoms with E-state index in [9.17, 15) is 14.7 Å². The van der Waals surface area contributed by atoms with Gasteiger partial charge in [-0.2, -0.15) is 4.68 Å². The van der Waals surface area contributed by atoms with Gasteiger partial charge < -0.3 is 5.11 Å². The van der Waals surface area contributed by atoms with Crippen LogP contribution in [-0.2, 0) is 0 Å². The molecule has 0 fully saturated rings. The first kappa shape index (κ1) is 19.9. The summed E-state index contributed by atoms with van der Waals surface area (Å²) in [5.74, 6) is -1.11. The standard InChI is InChI=1S/C20H14BrN5O3S/c1-11-17(24-23-15-5-3-2-4-14(15)19(28)29)18(27)26(25-11)20-22-16(10-30-20)12-6-8-13(21)9-7-12/h2-10,25H,1H3,(H,28,29). The smallest absolute Gasteiger partial charge is 0.337 e. The SMILES string of the molecule is Cc1[nH]n(-c2nc(-c3ccc(Br)cc3)cs2)c(=O)c1N=Nc1ccccc1C(=O)O. The fourth-order valence-corrected chi connectivity index (χ4v) is 3.81. The van der Waals surface area contributed by atoms with Crippen LogP contribution in [0.4, 0.5) is 11.4 Å². The van der Waals surface area contributed by atoms with Crippen LogP contribution in [-0.4, -0.2) is 25.8 Å². The lowest BCUT2D eigenvalue weighted by Gasteiger charge is -1.97. The van der Waals surface area contributed by atoms with Gasteiger partial charge in [-0.25, -0.2) is 9.78 Å². The Hall–Kier alpha value is -3.37. The number of aromatic nitrogens is 3. The quantitative estimate of drug-likeness (QED) is 0.366. The van der Waals surface area contributed by atoms with E-state index in [0.29, 0.717) is 10.8 Å². The summed E-state index contributed by atoms with van der Waals surface area (Å²) in [6.45, 7) is 1.69. The van der Waals surface area contributed by atoms with Gasteiger partial charge in [-0.3, -0.25) is 9.89 Å². The van der Waals surface area contributed by atoms with E-state index in [1.165, 1.54) is 28.2 Å². The van der Waals surface area contributed by atoms with E-state index in [-0.39, 0.29) is 16.9 Å². The number of hydrogen-bond acceptors (Lipinski definition) is 6. The van der Waals surface area contributed by atoms with Crippen LogP contribution < -0.4 is 5.56 Å². The zero-order chi connectivity index (χ0) is 21.3. The van der Waals surface area contributed by atoms with Crippen LogP contribution >= 0.6 is 27.3 Å². The maximum Gasteiger partial charge on any atom is 0.337 e. The molecular formula is C20H14BrN5O3S. The van der Waals surface area contributed by atoms with Crippen molar-refractivity contribution >= 4 is 44.6 Å². The van der Waals surface area contributed by atoms with Gasteiger partial charge in [0.15, 0.2) is 5.69 Å². The van der Waals surface area contributed by atoms with Gasteiger partial charge in [0.1, 0.15) is 5.69 Å². The van der Waals surface area contributed by atoms with Gasteiger partial charge in [-0.05, 0) is 31.2 Å². The van der Waals surface area contributed by atoms with Crippen molar-refractivity contribution < 1.29 is 9.90 Å². The minimum atomic E-state index is -1.11. The van der Waals surface area contributed by atoms with Crippen LogP contribution in [0.25, 0.3) is 16.4 Å². The molecule has 0 saturated heterocycles. The van der Waals surface area contributed by atoms with Crippen molar-refractivity contribution in [1.29, 1.82) is 0 Å². The van der Waals surface area contributed by atoms with Crippen molar-refractivity contribution in [2.24, 2.45) is 10.2 Å². The van der Waals surface area contributed by atoms with E-state index in [2.05, 4.69) is 36.2 Å². The number of nitrogens with one attached hydrogen (secondary N) is 1. The van der Waals surface area contributed by atoms with E-state index in [0.717, 1.165) is 15.7 Å². The number of H-pyrrole nitrogens is 1. The van der Waals surface area contributed by atoms with Crippen molar-refractivity contribution in [3.05, 3.63) is 80.0 Å². The fraction of sp³-hybridized carbons (Fsp3) is 0.0500. The van der Waals surface area contributed by atoms with Crippen molar-refractivity contribution in [2.75, 3.05) is 0 Å². The van der Waals surface area contributed by atoms with E-state index >= 15 is 0 Å². The molecule has 0 saturated carbocycles. The third kappa shape index (κ3) is 3.87. The summed E-state index contributed by atoms with van der Waals surface area (Å²) in [6.07, 6.45) is 0. The second-order valence-electron chi connectivity index (χ2n) is 6.27. The minimum Gasteiger partial charge on any atom is -0.478 e. The fourth-order valence-electron chi connectivity index (χ4n) is 2.76. The minimum absolute atomic E-state index is 0.00817. The molecule has 150 valence electrons. The van der Waals surface area contributed by atoms with Crippen molar-refractivity contribution in [1.82, 2.24) is 14.8 Å². The first-order chi connectivity index (χ1) is 14.4. The number of aromatic carboxylic acids is 1. The average molecular weight is 484 g/mol. The molecular weight excluding hydrogens is 470 g/mol. The Morgan fingerprint density at radius 2 is 1.90 bits per heavy atom. The van der Waals surface area contributed by atoms with Crippen LogP contribution in [0.3, 0.4) is 0 Å². The van der Waals surface area contributed by atoms with E-state index in [1.54, 1.807) is 19.1 Å². The second kappa shape index (κ2) is 8.17. The molecule has 4 aromatic rings. The summed E-state index contributed by atoms with van der Waals surface area (Å²) in [6, 6.07) is 13.9. The van der Waals surface area contributed by atoms with Crippen LogP contribution in [0.15, 0.2) is 73.4 Å². The number of aryl methyl sites for hydroxylation is 1. The lowest BCUT2D eigenvalue weighted by Crippen LogP contribution is -2.13. The molecule has 0 unspecified atom stereocenters. The Balaban J connectivity index is 1.68. The molecule has 8 nitrogen and oxygen atoms in total. The first-order valence-electron chi connectivity index (χ1n) is 8.71. The maximum absolute atomic E-state index is 12.8. The van der Waals surface area contributed by atoms with Gasteiger partial charge in [0.25, 0.3) is 0 Å². The van der Waals surface area contributed by atoms with Crippen LogP contribution in [0.5, 0.6) is 0 Å². The Labute approximate surface area is 182 Å². The van der Waals surface area contributed by atoms with E-state index in [4.69, 9.17) is 0 Å². The number of hydrogen-bond donors (Lipinski definition) is 2. The predicted octanol–water partition coefficient (Wildman–Crippen LogP) is 5.47. The highest BCUT2D eigenvalue weighted by Crippen LogP contribution is 2.26. The molecule has 0 radical (unpaired) electrons. The molecule has 0 aliphatic carbocycles. The lowest BCUT2D eigenvalue weighted by molar-refractivity contribution is 0.0697. The molecule has 2 heterocycles.